The lowest BCUT2D eigenvalue weighted by molar-refractivity contribution is 1.37. The first-order valence-electron chi connectivity index (χ1n) is 5.68. The van der Waals surface area contributed by atoms with Gasteiger partial charge in [0.2, 0.25) is 0 Å². The Bertz CT molecular complexity index is 555. The molecule has 1 aliphatic rings. The van der Waals surface area contributed by atoms with E-state index >= 15 is 0 Å². The summed E-state index contributed by atoms with van der Waals surface area (Å²) in [6, 6.07) is 2.31. The lowest BCUT2D eigenvalue weighted by atomic mass is 10.1. The van der Waals surface area contributed by atoms with Crippen LogP contribution < -0.4 is 4.50 Å². The van der Waals surface area contributed by atoms with Gasteiger partial charge in [-0.1, -0.05) is 19.6 Å². The van der Waals surface area contributed by atoms with Crippen LogP contribution in [0.1, 0.15) is 15.3 Å². The van der Waals surface area contributed by atoms with E-state index in [0.29, 0.717) is 0 Å². The molecule has 0 nitrogen and oxygen atoms in total. The average molecular weight is 264 g/mol. The Labute approximate surface area is 106 Å². The van der Waals surface area contributed by atoms with E-state index in [0.717, 1.165) is 0 Å². The summed E-state index contributed by atoms with van der Waals surface area (Å²) < 4.78 is 1.70. The summed E-state index contributed by atoms with van der Waals surface area (Å²) in [5.41, 5.74) is 4.69. The van der Waals surface area contributed by atoms with Crippen molar-refractivity contribution >= 4 is 35.2 Å². The number of hydrogen-bond donors (Lipinski definition) is 0. The van der Waals surface area contributed by atoms with E-state index in [9.17, 15) is 0 Å². The lowest BCUT2D eigenvalue weighted by Gasteiger charge is -2.15. The van der Waals surface area contributed by atoms with Crippen LogP contribution in [0.4, 0.5) is 0 Å². The van der Waals surface area contributed by atoms with Crippen LogP contribution in [-0.2, 0) is 6.42 Å². The molecule has 0 N–H and O–H groups in total. The molecule has 0 aliphatic heterocycles. The molecule has 0 radical (unpaired) electrons. The molecule has 0 amide bonds. The van der Waals surface area contributed by atoms with Gasteiger partial charge in [-0.3, -0.25) is 0 Å². The topological polar surface area (TPSA) is 0 Å². The second kappa shape index (κ2) is 3.31. The van der Waals surface area contributed by atoms with Crippen molar-refractivity contribution in [2.24, 2.45) is 0 Å². The molecule has 0 saturated carbocycles. The van der Waals surface area contributed by atoms with Crippen molar-refractivity contribution in [3.8, 4) is 11.1 Å². The van der Waals surface area contributed by atoms with Gasteiger partial charge in [-0.15, -0.1) is 22.7 Å². The van der Waals surface area contributed by atoms with Gasteiger partial charge in [0, 0.05) is 16.2 Å². The molecule has 0 spiro atoms. The molecule has 2 aromatic rings. The Hall–Kier alpha value is -0.383. The number of fused-ring (bicyclic) bond motifs is 3. The van der Waals surface area contributed by atoms with Gasteiger partial charge in [-0.25, -0.2) is 0 Å². The van der Waals surface area contributed by atoms with Gasteiger partial charge >= 0.3 is 0 Å². The fourth-order valence-electron chi connectivity index (χ4n) is 2.61. The minimum atomic E-state index is -1.15. The smallest absolute Gasteiger partial charge is 0.0907 e. The first-order chi connectivity index (χ1) is 7.48. The zero-order valence-corrected chi connectivity index (χ0v) is 12.8. The maximum Gasteiger partial charge on any atom is 0.0907 e. The molecule has 0 saturated heterocycles. The second-order valence-electron chi connectivity index (χ2n) is 5.54. The predicted octanol–water partition coefficient (Wildman–Crippen LogP) is 4.23. The molecular formula is C13H16S2Si. The first kappa shape index (κ1) is 10.8. The molecular weight excluding hydrogens is 248 g/mol. The van der Waals surface area contributed by atoms with Crippen LogP contribution in [0.25, 0.3) is 11.1 Å². The minimum Gasteiger partial charge on any atom is -0.149 e. The molecule has 2 heterocycles. The quantitative estimate of drug-likeness (QED) is 0.577. The second-order valence-corrected chi connectivity index (χ2v) is 13.0. The summed E-state index contributed by atoms with van der Waals surface area (Å²) in [6.07, 6.45) is 1.19. The number of rotatable bonds is 1. The standard InChI is InChI=1S/C13H16S2Si/c1-8-12-9-5-6-14-10(9)7-11(12)15-13(8)16(2,3)4/h5-6H,7H2,1-4H3. The normalized spacial score (nSPS) is 14.0. The van der Waals surface area contributed by atoms with Crippen molar-refractivity contribution in [3.05, 3.63) is 26.8 Å². The van der Waals surface area contributed by atoms with Gasteiger partial charge in [-0.2, -0.15) is 0 Å². The molecule has 16 heavy (non-hydrogen) atoms. The van der Waals surface area contributed by atoms with E-state index in [4.69, 9.17) is 0 Å². The molecule has 0 unspecified atom stereocenters. The van der Waals surface area contributed by atoms with Gasteiger partial charge in [0.15, 0.2) is 0 Å². The Balaban J connectivity index is 2.24. The van der Waals surface area contributed by atoms with Crippen LogP contribution in [0.15, 0.2) is 11.4 Å². The predicted molar refractivity (Wildman–Crippen MR) is 78.2 cm³/mol. The van der Waals surface area contributed by atoms with Gasteiger partial charge in [0.25, 0.3) is 0 Å². The third kappa shape index (κ3) is 1.38. The van der Waals surface area contributed by atoms with E-state index in [1.165, 1.54) is 12.0 Å². The van der Waals surface area contributed by atoms with Gasteiger partial charge < -0.3 is 0 Å². The average Bonchev–Trinajstić information content (AvgIpc) is 2.74. The van der Waals surface area contributed by atoms with Gasteiger partial charge in [0.05, 0.1) is 8.07 Å². The summed E-state index contributed by atoms with van der Waals surface area (Å²) in [4.78, 5) is 3.20. The van der Waals surface area contributed by atoms with Crippen molar-refractivity contribution in [1.29, 1.82) is 0 Å². The zero-order valence-electron chi connectivity index (χ0n) is 10.2. The third-order valence-corrected chi connectivity index (χ3v) is 9.14. The third-order valence-electron chi connectivity index (χ3n) is 3.24. The molecule has 3 rings (SSSR count). The van der Waals surface area contributed by atoms with Crippen LogP contribution in [0, 0.1) is 6.92 Å². The Morgan fingerprint density at radius 1 is 1.19 bits per heavy atom. The largest absolute Gasteiger partial charge is 0.149 e. The summed E-state index contributed by atoms with van der Waals surface area (Å²) in [5.74, 6) is 0. The summed E-state index contributed by atoms with van der Waals surface area (Å²) in [7, 11) is -1.15. The Kier molecular flexibility index (Phi) is 2.22. The zero-order chi connectivity index (χ0) is 11.5. The fourth-order valence-corrected chi connectivity index (χ4v) is 7.52. The van der Waals surface area contributed by atoms with E-state index in [1.807, 2.05) is 11.3 Å². The SMILES string of the molecule is Cc1c([Si](C)(C)C)sc2c1-c1ccsc1C2. The molecule has 2 aromatic heterocycles. The molecule has 1 aliphatic carbocycles. The molecule has 0 atom stereocenters. The van der Waals surface area contributed by atoms with Crippen molar-refractivity contribution in [3.63, 3.8) is 0 Å². The highest BCUT2D eigenvalue weighted by molar-refractivity contribution is 7.27. The Morgan fingerprint density at radius 2 is 1.94 bits per heavy atom. The van der Waals surface area contributed by atoms with E-state index in [-0.39, 0.29) is 0 Å². The molecule has 0 aromatic carbocycles. The van der Waals surface area contributed by atoms with Crippen molar-refractivity contribution < 1.29 is 0 Å². The Morgan fingerprint density at radius 3 is 2.62 bits per heavy atom. The van der Waals surface area contributed by atoms with Crippen LogP contribution in [0.2, 0.25) is 19.6 Å². The minimum absolute atomic E-state index is 1.15. The highest BCUT2D eigenvalue weighted by Crippen LogP contribution is 2.44. The van der Waals surface area contributed by atoms with Crippen LogP contribution in [-0.4, -0.2) is 8.07 Å². The van der Waals surface area contributed by atoms with Crippen molar-refractivity contribution in [2.75, 3.05) is 0 Å². The van der Waals surface area contributed by atoms with Crippen LogP contribution >= 0.6 is 22.7 Å². The number of hydrogen-bond acceptors (Lipinski definition) is 2. The van der Waals surface area contributed by atoms with E-state index in [1.54, 1.807) is 25.4 Å². The van der Waals surface area contributed by atoms with E-state index in [2.05, 4.69) is 49.3 Å². The highest BCUT2D eigenvalue weighted by atomic mass is 32.1. The highest BCUT2D eigenvalue weighted by Gasteiger charge is 2.30. The fraction of sp³-hybridized carbons (Fsp3) is 0.385. The maximum atomic E-state index is 2.45. The molecule has 0 bridgehead atoms. The lowest BCUT2D eigenvalue weighted by Crippen LogP contribution is -2.36. The molecule has 0 fully saturated rings. The van der Waals surface area contributed by atoms with Crippen molar-refractivity contribution in [2.45, 2.75) is 33.0 Å². The van der Waals surface area contributed by atoms with Crippen molar-refractivity contribution in [1.82, 2.24) is 0 Å². The van der Waals surface area contributed by atoms with Gasteiger partial charge in [0.1, 0.15) is 0 Å². The van der Waals surface area contributed by atoms with E-state index < -0.39 is 8.07 Å². The first-order valence-corrected chi connectivity index (χ1v) is 10.9. The summed E-state index contributed by atoms with van der Waals surface area (Å²) in [5, 5.41) is 2.24. The summed E-state index contributed by atoms with van der Waals surface area (Å²) >= 11 is 4.00. The maximum absolute atomic E-state index is 2.45. The van der Waals surface area contributed by atoms with Crippen LogP contribution in [0.5, 0.6) is 0 Å². The number of thiophene rings is 2. The summed E-state index contributed by atoms with van der Waals surface area (Å²) in [6.45, 7) is 9.69. The van der Waals surface area contributed by atoms with Gasteiger partial charge in [-0.05, 0) is 39.6 Å². The molecule has 84 valence electrons. The molecule has 3 heteroatoms. The monoisotopic (exact) mass is 264 g/mol. The van der Waals surface area contributed by atoms with Crippen LogP contribution in [0.3, 0.4) is 0 Å².